The monoisotopic (exact) mass is 703 g/mol. The topological polar surface area (TPSA) is 161 Å². The highest BCUT2D eigenvalue weighted by atomic mass is 16.5. The Balaban J connectivity index is 2.00. The molecule has 1 aromatic carbocycles. The molecule has 0 spiro atoms. The number of aryl methyl sites for hydroxylation is 1. The fraction of sp³-hybridized carbons (Fsp3) is 0.667. The van der Waals surface area contributed by atoms with Crippen molar-refractivity contribution in [2.75, 3.05) is 26.9 Å². The summed E-state index contributed by atoms with van der Waals surface area (Å²) in [7, 11) is 1.71. The van der Waals surface area contributed by atoms with E-state index in [-0.39, 0.29) is 72.9 Å². The summed E-state index contributed by atoms with van der Waals surface area (Å²) in [6.45, 7) is 4.63. The molecule has 5 rings (SSSR count). The van der Waals surface area contributed by atoms with Gasteiger partial charge in [0.2, 0.25) is 0 Å². The number of hydrogen-bond acceptors (Lipinski definition) is 7. The number of nitrogens with zero attached hydrogens (tertiary/aromatic N) is 1. The molecule has 6 atom stereocenters. The zero-order chi connectivity index (χ0) is 36.8. The van der Waals surface area contributed by atoms with Crippen LogP contribution < -0.4 is 16.2 Å². The van der Waals surface area contributed by atoms with E-state index >= 15 is 0 Å². The normalized spacial score (nSPS) is 25.4. The van der Waals surface area contributed by atoms with E-state index in [2.05, 4.69) is 30.6 Å². The number of ether oxygens (including phenoxy) is 2. The summed E-state index contributed by atoms with van der Waals surface area (Å²) in [6, 6.07) is 1.57. The molecule has 0 heterocycles. The van der Waals surface area contributed by atoms with E-state index in [9.17, 15) is 20.1 Å². The smallest absolute Gasteiger partial charge is 0.186 e. The predicted octanol–water partition coefficient (Wildman–Crippen LogP) is 5.90. The number of hydrogen-bond donors (Lipinski definition) is 5. The molecule has 1 fully saturated rings. The van der Waals surface area contributed by atoms with Crippen LogP contribution in [-0.4, -0.2) is 66.1 Å². The van der Waals surface area contributed by atoms with Gasteiger partial charge in [-0.25, -0.2) is 4.99 Å². The lowest BCUT2D eigenvalue weighted by Crippen LogP contribution is -2.33. The lowest BCUT2D eigenvalue weighted by Gasteiger charge is -2.33. The summed E-state index contributed by atoms with van der Waals surface area (Å²) in [5.74, 6) is 14.3. The molecule has 2 bridgehead atoms. The van der Waals surface area contributed by atoms with Crippen LogP contribution in [0.3, 0.4) is 0 Å². The highest BCUT2D eigenvalue weighted by Crippen LogP contribution is 2.47. The highest BCUT2D eigenvalue weighted by molar-refractivity contribution is 5.90. The van der Waals surface area contributed by atoms with Gasteiger partial charge >= 0.3 is 0 Å². The number of rotatable bonds is 15. The Hall–Kier alpha value is -3.50. The molecule has 1 aromatic rings. The zero-order valence-electron chi connectivity index (χ0n) is 31.1. The summed E-state index contributed by atoms with van der Waals surface area (Å²) in [6.07, 6.45) is 12.8. The molecule has 51 heavy (non-hydrogen) atoms. The van der Waals surface area contributed by atoms with Gasteiger partial charge in [-0.15, -0.1) is 5.92 Å². The van der Waals surface area contributed by atoms with Gasteiger partial charge in [-0.3, -0.25) is 4.79 Å². The standard InChI is InChI=1S/C42H61N3O6/c1-4-9-29(26-47)24-33(48)18-16-31-25-39(51-34-13-5-6-14-34)41(49)40-36(31)21-20-35-30(12-8-23-46)11-7-10-28(2)15-19-37(40)32(27-50-3)17-22-38(35)45-42(43)44/h24-25,28,30,32,34-35,37-38,46-47,49H,4-6,8-10,12-19,22-23,26-27H2,1-3H3,(H4,43,44,45). The molecular weight excluding hydrogens is 642 g/mol. The van der Waals surface area contributed by atoms with E-state index in [1.807, 2.05) is 13.0 Å². The van der Waals surface area contributed by atoms with Crippen molar-refractivity contribution >= 4 is 11.7 Å². The third kappa shape index (κ3) is 11.5. The Morgan fingerprint density at radius 1 is 1.08 bits per heavy atom. The average molecular weight is 704 g/mol. The molecule has 4 aliphatic carbocycles. The van der Waals surface area contributed by atoms with Crippen molar-refractivity contribution in [2.24, 2.45) is 40.1 Å². The molecule has 1 saturated carbocycles. The van der Waals surface area contributed by atoms with Crippen LogP contribution in [0.5, 0.6) is 11.5 Å². The minimum Gasteiger partial charge on any atom is -0.504 e. The number of ketones is 1. The van der Waals surface area contributed by atoms with Gasteiger partial charge in [0.05, 0.1) is 24.7 Å². The average Bonchev–Trinajstić information content (AvgIpc) is 3.62. The largest absolute Gasteiger partial charge is 0.504 e. The van der Waals surface area contributed by atoms with Gasteiger partial charge in [-0.2, -0.15) is 0 Å². The van der Waals surface area contributed by atoms with E-state index in [1.165, 1.54) is 0 Å². The maximum Gasteiger partial charge on any atom is 0.186 e. The van der Waals surface area contributed by atoms with Gasteiger partial charge in [0.25, 0.3) is 0 Å². The van der Waals surface area contributed by atoms with E-state index in [0.29, 0.717) is 50.4 Å². The van der Waals surface area contributed by atoms with Gasteiger partial charge in [0.15, 0.2) is 23.2 Å². The maximum atomic E-state index is 13.3. The Bertz CT molecular complexity index is 1490. The number of aliphatic hydroxyl groups is 2. The SMILES string of the molecule is CCCC(=CC(=O)CCc1cc(OC2CCCC2)c(O)c2c1C#CC1C(CCCO)C#CCC(C)CCC2C(COC)CCC1N=C(N)N)CO. The molecule has 280 valence electrons. The number of benzene rings is 1. The minimum atomic E-state index is -0.343. The third-order valence-electron chi connectivity index (χ3n) is 10.8. The number of phenolic OH excluding ortho intramolecular Hbond substituents is 1. The Morgan fingerprint density at radius 2 is 1.86 bits per heavy atom. The summed E-state index contributed by atoms with van der Waals surface area (Å²) < 4.78 is 12.5. The fourth-order valence-electron chi connectivity index (χ4n) is 8.11. The van der Waals surface area contributed by atoms with Gasteiger partial charge < -0.3 is 36.3 Å². The maximum absolute atomic E-state index is 13.3. The van der Waals surface area contributed by atoms with Crippen LogP contribution in [0.4, 0.5) is 0 Å². The molecule has 0 amide bonds. The third-order valence-corrected chi connectivity index (χ3v) is 10.8. The number of allylic oxidation sites excluding steroid dienone is 1. The molecule has 0 radical (unpaired) electrons. The Morgan fingerprint density at radius 3 is 2.55 bits per heavy atom. The zero-order valence-corrected chi connectivity index (χ0v) is 31.1. The van der Waals surface area contributed by atoms with Gasteiger partial charge in [-0.05, 0) is 118 Å². The molecule has 0 aliphatic heterocycles. The first-order valence-electron chi connectivity index (χ1n) is 19.3. The Kier molecular flexibility index (Phi) is 16.2. The second-order valence-electron chi connectivity index (χ2n) is 14.9. The van der Waals surface area contributed by atoms with E-state index < -0.39 is 0 Å². The van der Waals surface area contributed by atoms with Crippen molar-refractivity contribution in [3.05, 3.63) is 34.4 Å². The second kappa shape index (κ2) is 20.5. The number of phenols is 1. The summed E-state index contributed by atoms with van der Waals surface area (Å²) in [4.78, 5) is 18.0. The lowest BCUT2D eigenvalue weighted by molar-refractivity contribution is -0.114. The van der Waals surface area contributed by atoms with Crippen molar-refractivity contribution in [1.29, 1.82) is 0 Å². The molecule has 9 heteroatoms. The predicted molar refractivity (Wildman–Crippen MR) is 202 cm³/mol. The first-order valence-corrected chi connectivity index (χ1v) is 19.3. The van der Waals surface area contributed by atoms with Crippen LogP contribution >= 0.6 is 0 Å². The number of fused-ring (bicyclic) bond motifs is 8. The molecule has 6 unspecified atom stereocenters. The van der Waals surface area contributed by atoms with Crippen molar-refractivity contribution in [3.8, 4) is 35.2 Å². The summed E-state index contributed by atoms with van der Waals surface area (Å²) >= 11 is 0. The molecule has 0 saturated heterocycles. The molecule has 7 N–H and O–H groups in total. The number of aliphatic imine (C=N–C) groups is 1. The highest BCUT2D eigenvalue weighted by Gasteiger charge is 2.36. The van der Waals surface area contributed by atoms with Crippen LogP contribution in [0.1, 0.15) is 126 Å². The lowest BCUT2D eigenvalue weighted by atomic mass is 9.73. The quantitative estimate of drug-likeness (QED) is 0.0654. The minimum absolute atomic E-state index is 0.000155. The molecule has 0 aromatic heterocycles. The first kappa shape index (κ1) is 40.3. The number of nitrogens with two attached hydrogens (primary N) is 2. The van der Waals surface area contributed by atoms with Crippen molar-refractivity contribution in [1.82, 2.24) is 0 Å². The summed E-state index contributed by atoms with van der Waals surface area (Å²) in [5, 5.41) is 32.0. The van der Waals surface area contributed by atoms with Crippen molar-refractivity contribution in [3.63, 3.8) is 0 Å². The van der Waals surface area contributed by atoms with Crippen LogP contribution in [0.2, 0.25) is 0 Å². The van der Waals surface area contributed by atoms with Crippen LogP contribution in [0, 0.1) is 47.4 Å². The Labute approximate surface area is 305 Å². The number of carbonyl (C=O) groups excluding carboxylic acids is 1. The first-order chi connectivity index (χ1) is 24.7. The number of aliphatic hydroxyl groups excluding tert-OH is 2. The van der Waals surface area contributed by atoms with E-state index in [1.54, 1.807) is 13.2 Å². The van der Waals surface area contributed by atoms with Crippen molar-refractivity contribution < 1.29 is 29.6 Å². The van der Waals surface area contributed by atoms with E-state index in [4.69, 9.17) is 25.9 Å². The van der Waals surface area contributed by atoms with Crippen LogP contribution in [-0.2, 0) is 16.0 Å². The number of guanidine groups is 1. The number of aromatic hydroxyl groups is 1. The van der Waals surface area contributed by atoms with Gasteiger partial charge in [-0.1, -0.05) is 38.0 Å². The van der Waals surface area contributed by atoms with Crippen LogP contribution in [0.15, 0.2) is 22.7 Å². The van der Waals surface area contributed by atoms with Crippen molar-refractivity contribution in [2.45, 2.75) is 128 Å². The molecule has 4 aliphatic rings. The summed E-state index contributed by atoms with van der Waals surface area (Å²) in [5.41, 5.74) is 15.2. The molecule has 9 nitrogen and oxygen atoms in total. The van der Waals surface area contributed by atoms with Gasteiger partial charge in [0.1, 0.15) is 0 Å². The van der Waals surface area contributed by atoms with Gasteiger partial charge in [0, 0.05) is 50.2 Å². The number of methoxy groups -OCH3 is 1. The fourth-order valence-corrected chi connectivity index (χ4v) is 8.11. The number of carbonyl (C=O) groups is 1. The van der Waals surface area contributed by atoms with Crippen LogP contribution in [0.25, 0.3) is 0 Å². The second-order valence-corrected chi connectivity index (χ2v) is 14.9. The van der Waals surface area contributed by atoms with E-state index in [0.717, 1.165) is 80.1 Å². The molecular formula is C42H61N3O6.